The van der Waals surface area contributed by atoms with Crippen LogP contribution in [0.25, 0.3) is 20.9 Å². The number of rotatable bonds is 4. The smallest absolute Gasteiger partial charge is 0.272 e. The van der Waals surface area contributed by atoms with Gasteiger partial charge in [0.25, 0.3) is 5.91 Å². The normalized spacial score (nSPS) is 30.0. The van der Waals surface area contributed by atoms with Gasteiger partial charge in [0.1, 0.15) is 10.7 Å². The minimum Gasteiger partial charge on any atom is -0.350 e. The van der Waals surface area contributed by atoms with Crippen molar-refractivity contribution in [3.63, 3.8) is 0 Å². The minimum atomic E-state index is -0.122. The van der Waals surface area contributed by atoms with Crippen molar-refractivity contribution >= 4 is 27.5 Å². The lowest BCUT2D eigenvalue weighted by molar-refractivity contribution is -0.0503. The summed E-state index contributed by atoms with van der Waals surface area (Å²) in [6, 6.07) is 8.00. The highest BCUT2D eigenvalue weighted by atomic mass is 32.1. The Kier molecular flexibility index (Phi) is 3.98. The number of fused-ring (bicyclic) bond motifs is 1. The topological polar surface area (TPSA) is 67.8 Å². The molecule has 4 aliphatic carbocycles. The molecule has 4 fully saturated rings. The summed E-state index contributed by atoms with van der Waals surface area (Å²) < 4.78 is 1.09. The van der Waals surface area contributed by atoms with Crippen LogP contribution in [-0.2, 0) is 0 Å². The Bertz CT molecular complexity index is 1020. The van der Waals surface area contributed by atoms with Crippen molar-refractivity contribution in [2.75, 3.05) is 6.54 Å². The molecule has 1 aromatic carbocycles. The monoisotopic (exact) mass is 404 g/mol. The van der Waals surface area contributed by atoms with Crippen LogP contribution in [0.15, 0.2) is 36.7 Å². The van der Waals surface area contributed by atoms with E-state index >= 15 is 0 Å². The largest absolute Gasteiger partial charge is 0.350 e. The number of nitrogens with zero attached hydrogens (tertiary/aromatic N) is 3. The van der Waals surface area contributed by atoms with Crippen LogP contribution in [0.5, 0.6) is 0 Å². The molecule has 4 bridgehead atoms. The molecule has 0 aliphatic heterocycles. The molecule has 7 rings (SSSR count). The predicted molar refractivity (Wildman–Crippen MR) is 114 cm³/mol. The fraction of sp³-hybridized carbons (Fsp3) is 0.478. The Morgan fingerprint density at radius 2 is 1.72 bits per heavy atom. The van der Waals surface area contributed by atoms with Gasteiger partial charge in [-0.05, 0) is 73.8 Å². The van der Waals surface area contributed by atoms with Crippen molar-refractivity contribution in [3.8, 4) is 10.7 Å². The Labute approximate surface area is 174 Å². The van der Waals surface area contributed by atoms with Crippen LogP contribution in [0.3, 0.4) is 0 Å². The van der Waals surface area contributed by atoms with Crippen LogP contribution in [-0.4, -0.2) is 27.4 Å². The quantitative estimate of drug-likeness (QED) is 0.684. The van der Waals surface area contributed by atoms with Crippen LogP contribution in [0.2, 0.25) is 0 Å². The fourth-order valence-electron chi connectivity index (χ4n) is 6.49. The van der Waals surface area contributed by atoms with E-state index in [9.17, 15) is 4.79 Å². The molecule has 148 valence electrons. The van der Waals surface area contributed by atoms with Crippen molar-refractivity contribution in [2.24, 2.45) is 23.2 Å². The summed E-state index contributed by atoms with van der Waals surface area (Å²) >= 11 is 1.55. The first-order valence-electron chi connectivity index (χ1n) is 10.6. The highest BCUT2D eigenvalue weighted by Crippen LogP contribution is 2.59. The van der Waals surface area contributed by atoms with E-state index in [4.69, 9.17) is 0 Å². The molecule has 6 heteroatoms. The number of aromatic nitrogens is 3. The molecular weight excluding hydrogens is 380 g/mol. The maximum absolute atomic E-state index is 13.1. The van der Waals surface area contributed by atoms with Gasteiger partial charge in [-0.15, -0.1) is 11.3 Å². The van der Waals surface area contributed by atoms with Gasteiger partial charge in [-0.25, -0.2) is 15.0 Å². The predicted octanol–water partition coefficient (Wildman–Crippen LogP) is 4.70. The van der Waals surface area contributed by atoms with Crippen LogP contribution in [0.1, 0.15) is 49.0 Å². The number of nitrogens with one attached hydrogen (secondary N) is 1. The van der Waals surface area contributed by atoms with E-state index in [2.05, 4.69) is 20.3 Å². The van der Waals surface area contributed by atoms with Crippen molar-refractivity contribution in [2.45, 2.75) is 38.5 Å². The van der Waals surface area contributed by atoms with Crippen molar-refractivity contribution < 1.29 is 4.79 Å². The second kappa shape index (κ2) is 6.59. The summed E-state index contributed by atoms with van der Waals surface area (Å²) in [4.78, 5) is 26.6. The molecule has 1 N–H and O–H groups in total. The van der Waals surface area contributed by atoms with Crippen molar-refractivity contribution in [3.05, 3.63) is 42.4 Å². The van der Waals surface area contributed by atoms with E-state index in [0.717, 1.165) is 39.5 Å². The first kappa shape index (κ1) is 17.5. The third-order valence-electron chi connectivity index (χ3n) is 7.20. The fourth-order valence-corrected chi connectivity index (χ4v) is 7.46. The molecule has 4 aliphatic rings. The third kappa shape index (κ3) is 3.05. The first-order chi connectivity index (χ1) is 14.2. The lowest BCUT2D eigenvalue weighted by Crippen LogP contribution is -2.51. The molecule has 2 heterocycles. The Hall–Kier alpha value is -2.34. The van der Waals surface area contributed by atoms with Gasteiger partial charge in [0, 0.05) is 18.9 Å². The zero-order valence-electron chi connectivity index (χ0n) is 16.3. The first-order valence-corrected chi connectivity index (χ1v) is 11.4. The van der Waals surface area contributed by atoms with E-state index < -0.39 is 0 Å². The van der Waals surface area contributed by atoms with E-state index in [1.54, 1.807) is 23.7 Å². The van der Waals surface area contributed by atoms with Gasteiger partial charge in [-0.3, -0.25) is 4.79 Å². The molecule has 0 spiro atoms. The van der Waals surface area contributed by atoms with Gasteiger partial charge in [0.15, 0.2) is 5.69 Å². The summed E-state index contributed by atoms with van der Waals surface area (Å²) in [5.41, 5.74) is 2.20. The Morgan fingerprint density at radius 3 is 2.45 bits per heavy atom. The summed E-state index contributed by atoms with van der Waals surface area (Å²) in [6.07, 6.45) is 11.3. The molecule has 5 nitrogen and oxygen atoms in total. The zero-order chi connectivity index (χ0) is 19.4. The van der Waals surface area contributed by atoms with E-state index in [-0.39, 0.29) is 5.91 Å². The molecular formula is C23H24N4OS. The highest BCUT2D eigenvalue weighted by Gasteiger charge is 2.50. The molecule has 0 atom stereocenters. The van der Waals surface area contributed by atoms with E-state index in [1.807, 2.05) is 24.3 Å². The lowest BCUT2D eigenvalue weighted by atomic mass is 9.49. The molecule has 4 saturated carbocycles. The summed E-state index contributed by atoms with van der Waals surface area (Å²) in [7, 11) is 0. The molecule has 2 aromatic heterocycles. The standard InChI is InChI=1S/C23H24N4OS/c28-21(26-13-23-10-14-7-15(11-23)9-16(8-14)12-23)19-20(25-6-5-24-19)22-27-17-3-1-2-4-18(17)29-22/h1-6,14-16H,7-13H2,(H,26,28). The van der Waals surface area contributed by atoms with E-state index in [0.29, 0.717) is 16.8 Å². The number of para-hydroxylation sites is 1. The average Bonchev–Trinajstić information content (AvgIpc) is 3.15. The van der Waals surface area contributed by atoms with Crippen LogP contribution in [0.4, 0.5) is 0 Å². The molecule has 0 saturated heterocycles. The summed E-state index contributed by atoms with van der Waals surface area (Å²) in [5, 5.41) is 3.98. The van der Waals surface area contributed by atoms with Gasteiger partial charge < -0.3 is 5.32 Å². The minimum absolute atomic E-state index is 0.122. The second-order valence-corrected chi connectivity index (χ2v) is 10.4. The van der Waals surface area contributed by atoms with Crippen molar-refractivity contribution in [1.29, 1.82) is 0 Å². The summed E-state index contributed by atoms with van der Waals surface area (Å²) in [5.74, 6) is 2.53. The number of carbonyl (C=O) groups is 1. The zero-order valence-corrected chi connectivity index (χ0v) is 17.1. The molecule has 0 unspecified atom stereocenters. The second-order valence-electron chi connectivity index (χ2n) is 9.34. The van der Waals surface area contributed by atoms with Crippen molar-refractivity contribution in [1.82, 2.24) is 20.3 Å². The van der Waals surface area contributed by atoms with Gasteiger partial charge in [0.05, 0.1) is 10.2 Å². The average molecular weight is 405 g/mol. The molecule has 0 radical (unpaired) electrons. The number of amides is 1. The Balaban J connectivity index is 1.25. The maximum Gasteiger partial charge on any atom is 0.272 e. The third-order valence-corrected chi connectivity index (χ3v) is 8.24. The van der Waals surface area contributed by atoms with Crippen LogP contribution < -0.4 is 5.32 Å². The SMILES string of the molecule is O=C(NCC12CC3CC(CC(C3)C1)C2)c1nccnc1-c1nc2ccccc2s1. The van der Waals surface area contributed by atoms with Crippen LogP contribution in [0, 0.1) is 23.2 Å². The van der Waals surface area contributed by atoms with Gasteiger partial charge >= 0.3 is 0 Å². The molecule has 1 amide bonds. The van der Waals surface area contributed by atoms with Crippen LogP contribution >= 0.6 is 11.3 Å². The molecule has 29 heavy (non-hydrogen) atoms. The van der Waals surface area contributed by atoms with Gasteiger partial charge in [-0.2, -0.15) is 0 Å². The Morgan fingerprint density at radius 1 is 1.03 bits per heavy atom. The lowest BCUT2D eigenvalue weighted by Gasteiger charge is -2.56. The van der Waals surface area contributed by atoms with Gasteiger partial charge in [0.2, 0.25) is 0 Å². The van der Waals surface area contributed by atoms with E-state index in [1.165, 1.54) is 38.5 Å². The highest BCUT2D eigenvalue weighted by molar-refractivity contribution is 7.21. The number of hydrogen-bond donors (Lipinski definition) is 1. The number of thiazole rings is 1. The number of carbonyl (C=O) groups excluding carboxylic acids is 1. The molecule has 3 aromatic rings. The maximum atomic E-state index is 13.1. The number of benzene rings is 1. The number of hydrogen-bond acceptors (Lipinski definition) is 5. The van der Waals surface area contributed by atoms with Gasteiger partial charge in [-0.1, -0.05) is 12.1 Å². The summed E-state index contributed by atoms with van der Waals surface area (Å²) in [6.45, 7) is 0.769.